The number of hydrogen-bond donors (Lipinski definition) is 0. The van der Waals surface area contributed by atoms with Crippen molar-refractivity contribution in [3.63, 3.8) is 0 Å². The number of benzene rings is 1. The van der Waals surface area contributed by atoms with Crippen molar-refractivity contribution >= 4 is 28.8 Å². The predicted octanol–water partition coefficient (Wildman–Crippen LogP) is 4.55. The second kappa shape index (κ2) is 4.20. The van der Waals surface area contributed by atoms with Gasteiger partial charge in [-0.25, -0.2) is 0 Å². The molecule has 0 saturated carbocycles. The van der Waals surface area contributed by atoms with E-state index in [1.807, 2.05) is 24.3 Å². The van der Waals surface area contributed by atoms with E-state index in [1.54, 1.807) is 0 Å². The van der Waals surface area contributed by atoms with Crippen LogP contribution in [0.1, 0.15) is 18.4 Å². The SMILES string of the molecule is ClC1=C(Cl)CCC(c2ccccc2)=C1. The van der Waals surface area contributed by atoms with E-state index in [1.165, 1.54) is 11.1 Å². The lowest BCUT2D eigenvalue weighted by Gasteiger charge is -2.13. The predicted molar refractivity (Wildman–Crippen MR) is 62.4 cm³/mol. The van der Waals surface area contributed by atoms with Gasteiger partial charge in [0.05, 0.1) is 5.03 Å². The van der Waals surface area contributed by atoms with Crippen molar-refractivity contribution in [3.8, 4) is 0 Å². The number of hydrogen-bond acceptors (Lipinski definition) is 0. The maximum atomic E-state index is 5.98. The van der Waals surface area contributed by atoms with Crippen molar-refractivity contribution in [2.24, 2.45) is 0 Å². The average molecular weight is 225 g/mol. The van der Waals surface area contributed by atoms with Gasteiger partial charge in [0, 0.05) is 5.03 Å². The highest BCUT2D eigenvalue weighted by molar-refractivity contribution is 6.40. The highest BCUT2D eigenvalue weighted by Gasteiger charge is 2.11. The molecule has 0 spiro atoms. The normalized spacial score (nSPS) is 16.9. The van der Waals surface area contributed by atoms with Gasteiger partial charge in [0.15, 0.2) is 0 Å². The maximum Gasteiger partial charge on any atom is 0.0554 e. The van der Waals surface area contributed by atoms with Crippen LogP contribution in [0.5, 0.6) is 0 Å². The summed E-state index contributed by atoms with van der Waals surface area (Å²) in [6, 6.07) is 10.3. The van der Waals surface area contributed by atoms with Gasteiger partial charge in [-0.1, -0.05) is 53.5 Å². The molecule has 1 aliphatic carbocycles. The smallest absolute Gasteiger partial charge is 0.0554 e. The van der Waals surface area contributed by atoms with E-state index >= 15 is 0 Å². The quantitative estimate of drug-likeness (QED) is 0.657. The van der Waals surface area contributed by atoms with Gasteiger partial charge in [0.1, 0.15) is 0 Å². The van der Waals surface area contributed by atoms with E-state index in [0.717, 1.165) is 17.9 Å². The van der Waals surface area contributed by atoms with Crippen LogP contribution in [0.4, 0.5) is 0 Å². The molecule has 0 bridgehead atoms. The molecule has 1 aromatic carbocycles. The molecule has 1 aromatic rings. The molecule has 2 rings (SSSR count). The van der Waals surface area contributed by atoms with Crippen LogP contribution < -0.4 is 0 Å². The fraction of sp³-hybridized carbons (Fsp3) is 0.167. The molecule has 0 N–H and O–H groups in total. The summed E-state index contributed by atoms with van der Waals surface area (Å²) < 4.78 is 0. The summed E-state index contributed by atoms with van der Waals surface area (Å²) in [6.07, 6.45) is 3.78. The summed E-state index contributed by atoms with van der Waals surface area (Å²) in [5.41, 5.74) is 2.50. The third kappa shape index (κ3) is 2.02. The fourth-order valence-corrected chi connectivity index (χ4v) is 1.92. The topological polar surface area (TPSA) is 0 Å². The first-order chi connectivity index (χ1) is 6.77. The summed E-state index contributed by atoms with van der Waals surface area (Å²) in [5.74, 6) is 0. The molecular weight excluding hydrogens is 215 g/mol. The molecule has 0 radical (unpaired) electrons. The Bertz CT molecular complexity index is 388. The summed E-state index contributed by atoms with van der Waals surface area (Å²) in [4.78, 5) is 0. The number of halogens is 2. The maximum absolute atomic E-state index is 5.98. The second-order valence-electron chi connectivity index (χ2n) is 3.29. The van der Waals surface area contributed by atoms with E-state index in [4.69, 9.17) is 23.2 Å². The Kier molecular flexibility index (Phi) is 2.95. The highest BCUT2D eigenvalue weighted by atomic mass is 35.5. The molecule has 14 heavy (non-hydrogen) atoms. The van der Waals surface area contributed by atoms with Crippen molar-refractivity contribution in [2.45, 2.75) is 12.8 Å². The first-order valence-corrected chi connectivity index (χ1v) is 5.33. The molecule has 0 saturated heterocycles. The molecule has 0 nitrogen and oxygen atoms in total. The molecule has 0 unspecified atom stereocenters. The summed E-state index contributed by atoms with van der Waals surface area (Å²) in [5, 5.41) is 1.45. The Hall–Kier alpha value is -0.720. The molecule has 0 fully saturated rings. The number of allylic oxidation sites excluding steroid dienone is 4. The van der Waals surface area contributed by atoms with Crippen LogP contribution in [0.15, 0.2) is 46.5 Å². The van der Waals surface area contributed by atoms with E-state index < -0.39 is 0 Å². The monoisotopic (exact) mass is 224 g/mol. The van der Waals surface area contributed by atoms with Crippen molar-refractivity contribution in [2.75, 3.05) is 0 Å². The van der Waals surface area contributed by atoms with Crippen LogP contribution >= 0.6 is 23.2 Å². The Morgan fingerprint density at radius 2 is 1.64 bits per heavy atom. The Morgan fingerprint density at radius 3 is 2.29 bits per heavy atom. The zero-order valence-corrected chi connectivity index (χ0v) is 9.15. The first-order valence-electron chi connectivity index (χ1n) is 4.57. The fourth-order valence-electron chi connectivity index (χ4n) is 1.55. The Balaban J connectivity index is 2.34. The van der Waals surface area contributed by atoms with Crippen molar-refractivity contribution < 1.29 is 0 Å². The molecule has 0 amide bonds. The Labute approximate surface area is 93.8 Å². The van der Waals surface area contributed by atoms with Crippen molar-refractivity contribution in [1.82, 2.24) is 0 Å². The number of rotatable bonds is 1. The zero-order chi connectivity index (χ0) is 9.97. The molecule has 0 heterocycles. The lowest BCUT2D eigenvalue weighted by molar-refractivity contribution is 1.03. The van der Waals surface area contributed by atoms with Gasteiger partial charge in [-0.3, -0.25) is 0 Å². The summed E-state index contributed by atoms with van der Waals surface area (Å²) in [6.45, 7) is 0. The van der Waals surface area contributed by atoms with Crippen molar-refractivity contribution in [1.29, 1.82) is 0 Å². The van der Waals surface area contributed by atoms with Gasteiger partial charge in [0.25, 0.3) is 0 Å². The minimum atomic E-state index is 0.678. The van der Waals surface area contributed by atoms with Gasteiger partial charge in [0.2, 0.25) is 0 Å². The molecule has 2 heteroatoms. The molecule has 0 atom stereocenters. The third-order valence-electron chi connectivity index (χ3n) is 2.32. The van der Waals surface area contributed by atoms with Crippen LogP contribution in [0, 0.1) is 0 Å². The van der Waals surface area contributed by atoms with Gasteiger partial charge in [-0.15, -0.1) is 0 Å². The lowest BCUT2D eigenvalue weighted by Crippen LogP contribution is -1.92. The molecule has 1 aliphatic rings. The van der Waals surface area contributed by atoms with E-state index in [-0.39, 0.29) is 0 Å². The third-order valence-corrected chi connectivity index (χ3v) is 3.15. The average Bonchev–Trinajstić information content (AvgIpc) is 2.23. The zero-order valence-electron chi connectivity index (χ0n) is 7.63. The minimum absolute atomic E-state index is 0.678. The van der Waals surface area contributed by atoms with Crippen LogP contribution in [0.3, 0.4) is 0 Å². The first kappa shape index (κ1) is 9.82. The minimum Gasteiger partial charge on any atom is -0.0875 e. The van der Waals surface area contributed by atoms with Crippen LogP contribution in [-0.4, -0.2) is 0 Å². The molecular formula is C12H10Cl2. The van der Waals surface area contributed by atoms with Crippen LogP contribution in [0.2, 0.25) is 0 Å². The molecule has 0 aliphatic heterocycles. The molecule has 0 aromatic heterocycles. The highest BCUT2D eigenvalue weighted by Crippen LogP contribution is 2.33. The summed E-state index contributed by atoms with van der Waals surface area (Å²) >= 11 is 11.9. The van der Waals surface area contributed by atoms with Crippen molar-refractivity contribution in [3.05, 3.63) is 52.0 Å². The van der Waals surface area contributed by atoms with E-state index in [0.29, 0.717) is 5.03 Å². The second-order valence-corrected chi connectivity index (χ2v) is 4.15. The lowest BCUT2D eigenvalue weighted by atomic mass is 9.97. The van der Waals surface area contributed by atoms with E-state index in [9.17, 15) is 0 Å². The van der Waals surface area contributed by atoms with Gasteiger partial charge in [-0.05, 0) is 30.1 Å². The van der Waals surface area contributed by atoms with Crippen LogP contribution in [0.25, 0.3) is 5.57 Å². The van der Waals surface area contributed by atoms with Gasteiger partial charge < -0.3 is 0 Å². The van der Waals surface area contributed by atoms with Gasteiger partial charge in [-0.2, -0.15) is 0 Å². The largest absolute Gasteiger partial charge is 0.0875 e. The standard InChI is InChI=1S/C12H10Cl2/c13-11-7-6-10(8-12(11)14)9-4-2-1-3-5-9/h1-5,8H,6-7H2. The summed E-state index contributed by atoms with van der Waals surface area (Å²) in [7, 11) is 0. The molecule has 72 valence electrons. The van der Waals surface area contributed by atoms with Crippen LogP contribution in [-0.2, 0) is 0 Å². The van der Waals surface area contributed by atoms with E-state index in [2.05, 4.69) is 12.1 Å². The Morgan fingerprint density at radius 1 is 0.929 bits per heavy atom. The van der Waals surface area contributed by atoms with Gasteiger partial charge >= 0.3 is 0 Å².